The summed E-state index contributed by atoms with van der Waals surface area (Å²) in [6.07, 6.45) is 9.92. The van der Waals surface area contributed by atoms with Gasteiger partial charge >= 0.3 is 6.03 Å². The number of urea groups is 1. The first-order valence-electron chi connectivity index (χ1n) is 10.0. The predicted octanol–water partition coefficient (Wildman–Crippen LogP) is 3.47. The van der Waals surface area contributed by atoms with Crippen molar-refractivity contribution >= 4 is 22.5 Å². The highest BCUT2D eigenvalue weighted by Gasteiger charge is 2.40. The Morgan fingerprint density at radius 2 is 2.21 bits per heavy atom. The molecule has 2 amide bonds. The van der Waals surface area contributed by atoms with Crippen LogP contribution in [0.4, 0.5) is 4.79 Å². The number of hydrogen-bond donors (Lipinski definition) is 2. The van der Waals surface area contributed by atoms with Crippen LogP contribution in [0.25, 0.3) is 16.5 Å². The fraction of sp³-hybridized carbons (Fsp3) is 0.364. The second-order valence-electron chi connectivity index (χ2n) is 7.78. The number of amides is 2. The van der Waals surface area contributed by atoms with Crippen molar-refractivity contribution in [3.63, 3.8) is 0 Å². The van der Waals surface area contributed by atoms with Gasteiger partial charge in [-0.1, -0.05) is 18.2 Å². The quantitative estimate of drug-likeness (QED) is 0.733. The lowest BCUT2D eigenvalue weighted by Crippen LogP contribution is -2.48. The maximum absolute atomic E-state index is 12.9. The van der Waals surface area contributed by atoms with E-state index in [2.05, 4.69) is 56.7 Å². The van der Waals surface area contributed by atoms with Gasteiger partial charge in [-0.2, -0.15) is 5.10 Å². The molecule has 28 heavy (non-hydrogen) atoms. The summed E-state index contributed by atoms with van der Waals surface area (Å²) in [7, 11) is 1.97. The van der Waals surface area contributed by atoms with E-state index in [0.29, 0.717) is 6.54 Å². The molecule has 2 N–H and O–H groups in total. The van der Waals surface area contributed by atoms with E-state index in [0.717, 1.165) is 36.9 Å². The Balaban J connectivity index is 1.25. The fourth-order valence-corrected chi connectivity index (χ4v) is 4.79. The summed E-state index contributed by atoms with van der Waals surface area (Å²) in [5.74, 6) is 0. The van der Waals surface area contributed by atoms with Gasteiger partial charge in [-0.3, -0.25) is 4.68 Å². The van der Waals surface area contributed by atoms with Gasteiger partial charge in [0.15, 0.2) is 0 Å². The van der Waals surface area contributed by atoms with Crippen molar-refractivity contribution in [1.29, 1.82) is 0 Å². The van der Waals surface area contributed by atoms with Gasteiger partial charge in [0.1, 0.15) is 0 Å². The second-order valence-corrected chi connectivity index (χ2v) is 7.78. The van der Waals surface area contributed by atoms with Crippen LogP contribution in [0.15, 0.2) is 48.8 Å². The molecule has 1 aromatic carbocycles. The van der Waals surface area contributed by atoms with Gasteiger partial charge in [0.2, 0.25) is 0 Å². The Labute approximate surface area is 164 Å². The third kappa shape index (κ3) is 2.89. The Hall–Kier alpha value is -3.02. The minimum Gasteiger partial charge on any atom is -0.361 e. The molecule has 144 valence electrons. The van der Waals surface area contributed by atoms with Crippen LogP contribution < -0.4 is 5.32 Å². The molecule has 6 heteroatoms. The van der Waals surface area contributed by atoms with Crippen molar-refractivity contribution in [1.82, 2.24) is 25.0 Å². The average Bonchev–Trinajstić information content (AvgIpc) is 3.40. The zero-order valence-corrected chi connectivity index (χ0v) is 16.1. The summed E-state index contributed by atoms with van der Waals surface area (Å²) >= 11 is 0. The number of fused-ring (bicyclic) bond motifs is 3. The number of nitrogens with zero attached hydrogens (tertiary/aromatic N) is 3. The molecule has 0 saturated carbocycles. The Bertz CT molecular complexity index is 1050. The van der Waals surface area contributed by atoms with E-state index in [1.807, 2.05) is 24.1 Å². The number of benzene rings is 1. The molecule has 2 aromatic heterocycles. The van der Waals surface area contributed by atoms with E-state index >= 15 is 0 Å². The average molecular weight is 375 g/mol. The van der Waals surface area contributed by atoms with E-state index in [9.17, 15) is 4.79 Å². The minimum atomic E-state index is 0.0639. The molecule has 2 unspecified atom stereocenters. The van der Waals surface area contributed by atoms with Crippen LogP contribution in [0.5, 0.6) is 0 Å². The Morgan fingerprint density at radius 1 is 1.29 bits per heavy atom. The zero-order chi connectivity index (χ0) is 19.1. The lowest BCUT2D eigenvalue weighted by molar-refractivity contribution is 0.180. The fourth-order valence-electron chi connectivity index (χ4n) is 4.79. The van der Waals surface area contributed by atoms with Gasteiger partial charge in [-0.15, -0.1) is 0 Å². The first kappa shape index (κ1) is 17.1. The van der Waals surface area contributed by atoms with Gasteiger partial charge in [0, 0.05) is 42.9 Å². The van der Waals surface area contributed by atoms with Crippen molar-refractivity contribution in [3.8, 4) is 0 Å². The molecule has 0 radical (unpaired) electrons. The number of carbonyl (C=O) groups is 1. The van der Waals surface area contributed by atoms with Gasteiger partial charge in [0.05, 0.1) is 11.7 Å². The molecule has 2 aliphatic heterocycles. The van der Waals surface area contributed by atoms with Crippen molar-refractivity contribution < 1.29 is 4.79 Å². The molecule has 2 aliphatic rings. The topological polar surface area (TPSA) is 66.0 Å². The molecule has 1 fully saturated rings. The van der Waals surface area contributed by atoms with Crippen molar-refractivity contribution in [2.45, 2.75) is 37.8 Å². The van der Waals surface area contributed by atoms with E-state index < -0.39 is 0 Å². The highest BCUT2D eigenvalue weighted by atomic mass is 16.2. The van der Waals surface area contributed by atoms with Crippen molar-refractivity contribution in [3.05, 3.63) is 60.1 Å². The SMILES string of the molecule is Cn1nccc1C1=CC2CCC(C1)N2C(=O)NCCc1cccc2[nH]ccc12. The molecule has 0 aliphatic carbocycles. The van der Waals surface area contributed by atoms with E-state index in [1.165, 1.54) is 16.5 Å². The van der Waals surface area contributed by atoms with Gasteiger partial charge in [0.25, 0.3) is 0 Å². The van der Waals surface area contributed by atoms with Crippen LogP contribution in [0.3, 0.4) is 0 Å². The van der Waals surface area contributed by atoms with Crippen LogP contribution >= 0.6 is 0 Å². The standard InChI is InChI=1S/C22H25N5O/c1-26-21(9-12-25-26)16-13-17-5-6-18(14-16)27(17)22(28)24-10-7-15-3-2-4-20-19(15)8-11-23-20/h2-4,8-9,11-13,17-18,23H,5-7,10,14H2,1H3,(H,24,28). The predicted molar refractivity (Wildman–Crippen MR) is 110 cm³/mol. The molecule has 2 atom stereocenters. The Morgan fingerprint density at radius 3 is 3.04 bits per heavy atom. The second kappa shape index (κ2) is 6.86. The van der Waals surface area contributed by atoms with Crippen LogP contribution in [0.2, 0.25) is 0 Å². The van der Waals surface area contributed by atoms with Crippen LogP contribution in [-0.4, -0.2) is 44.3 Å². The molecule has 2 bridgehead atoms. The highest BCUT2D eigenvalue weighted by molar-refractivity contribution is 5.83. The third-order valence-electron chi connectivity index (χ3n) is 6.14. The summed E-state index contributed by atoms with van der Waals surface area (Å²) in [5, 5.41) is 8.67. The van der Waals surface area contributed by atoms with Crippen molar-refractivity contribution in [2.24, 2.45) is 7.05 Å². The summed E-state index contributed by atoms with van der Waals surface area (Å²) in [6.45, 7) is 0.650. The summed E-state index contributed by atoms with van der Waals surface area (Å²) in [5.41, 5.74) is 4.89. The number of carbonyl (C=O) groups excluding carboxylic acids is 1. The van der Waals surface area contributed by atoms with Crippen LogP contribution in [0.1, 0.15) is 30.5 Å². The number of aryl methyl sites for hydroxylation is 1. The van der Waals surface area contributed by atoms with Crippen LogP contribution in [0, 0.1) is 0 Å². The smallest absolute Gasteiger partial charge is 0.318 e. The maximum atomic E-state index is 12.9. The summed E-state index contributed by atoms with van der Waals surface area (Å²) in [4.78, 5) is 18.2. The van der Waals surface area contributed by atoms with Gasteiger partial charge in [-0.05, 0) is 55.0 Å². The minimum absolute atomic E-state index is 0.0639. The van der Waals surface area contributed by atoms with Gasteiger partial charge < -0.3 is 15.2 Å². The summed E-state index contributed by atoms with van der Waals surface area (Å²) < 4.78 is 1.92. The van der Waals surface area contributed by atoms with Gasteiger partial charge in [-0.25, -0.2) is 4.79 Å². The lowest BCUT2D eigenvalue weighted by atomic mass is 9.99. The molecular weight excluding hydrogens is 350 g/mol. The van der Waals surface area contributed by atoms with E-state index in [4.69, 9.17) is 0 Å². The van der Waals surface area contributed by atoms with E-state index in [-0.39, 0.29) is 18.1 Å². The molecule has 6 nitrogen and oxygen atoms in total. The van der Waals surface area contributed by atoms with Crippen LogP contribution in [-0.2, 0) is 13.5 Å². The third-order valence-corrected chi connectivity index (χ3v) is 6.14. The molecular formula is C22H25N5O. The number of aromatic amines is 1. The lowest BCUT2D eigenvalue weighted by Gasteiger charge is -2.34. The summed E-state index contributed by atoms with van der Waals surface area (Å²) in [6, 6.07) is 11.0. The molecule has 4 heterocycles. The largest absolute Gasteiger partial charge is 0.361 e. The number of hydrogen-bond acceptors (Lipinski definition) is 2. The number of aromatic nitrogens is 3. The van der Waals surface area contributed by atoms with E-state index in [1.54, 1.807) is 0 Å². The maximum Gasteiger partial charge on any atom is 0.318 e. The highest BCUT2D eigenvalue weighted by Crippen LogP contribution is 2.38. The number of nitrogens with one attached hydrogen (secondary N) is 2. The molecule has 1 saturated heterocycles. The van der Waals surface area contributed by atoms with Crippen molar-refractivity contribution in [2.75, 3.05) is 6.54 Å². The molecule has 0 spiro atoms. The first-order chi connectivity index (χ1) is 13.7. The number of rotatable bonds is 4. The normalized spacial score (nSPS) is 21.2. The monoisotopic (exact) mass is 375 g/mol. The molecule has 3 aromatic rings. The zero-order valence-electron chi connectivity index (χ0n) is 16.1. The number of H-pyrrole nitrogens is 1. The molecule has 5 rings (SSSR count). The first-order valence-corrected chi connectivity index (χ1v) is 10.0. The Kier molecular flexibility index (Phi) is 4.19.